The van der Waals surface area contributed by atoms with E-state index in [1.165, 1.54) is 0 Å². The fraction of sp³-hybridized carbons (Fsp3) is 0.250. The lowest BCUT2D eigenvalue weighted by Crippen LogP contribution is -2.10. The number of benzene rings is 1. The van der Waals surface area contributed by atoms with Crippen molar-refractivity contribution in [1.82, 2.24) is 0 Å². The maximum atomic E-state index is 12.1. The second-order valence-electron chi connectivity index (χ2n) is 2.90. The van der Waals surface area contributed by atoms with E-state index in [1.54, 1.807) is 0 Å². The van der Waals surface area contributed by atoms with Gasteiger partial charge in [-0.15, -0.1) is 0 Å². The molecular weight excluding hydrogens is 302 g/mol. The molecule has 3 N–H and O–H groups in total. The Bertz CT molecular complexity index is 417. The Morgan fingerprint density at radius 2 is 1.50 bits per heavy atom. The van der Waals surface area contributed by atoms with Crippen molar-refractivity contribution in [2.24, 2.45) is 5.84 Å². The number of hydrogen-bond acceptors (Lipinski definition) is 4. The summed E-state index contributed by atoms with van der Waals surface area (Å²) < 4.78 is 72.6. The Kier molecular flexibility index (Phi) is 4.67. The van der Waals surface area contributed by atoms with Crippen LogP contribution in [0.4, 0.5) is 32.0 Å². The van der Waals surface area contributed by atoms with Crippen LogP contribution in [0.3, 0.4) is 0 Å². The summed E-state index contributed by atoms with van der Waals surface area (Å²) in [5, 5.41) is 0. The van der Waals surface area contributed by atoms with Crippen LogP contribution in [0.5, 0.6) is 0 Å². The summed E-state index contributed by atoms with van der Waals surface area (Å²) in [5.41, 5.74) is -7.32. The SMILES string of the molecule is NNc1cc(SC(F)(F)F)ccc1SC(F)(F)F. The van der Waals surface area contributed by atoms with E-state index in [1.807, 2.05) is 5.43 Å². The van der Waals surface area contributed by atoms with Crippen LogP contribution >= 0.6 is 23.5 Å². The molecule has 0 fully saturated rings. The quantitative estimate of drug-likeness (QED) is 0.380. The van der Waals surface area contributed by atoms with E-state index in [-0.39, 0.29) is 15.5 Å². The van der Waals surface area contributed by atoms with Crippen LogP contribution < -0.4 is 11.3 Å². The molecule has 0 aliphatic rings. The minimum Gasteiger partial charge on any atom is -0.323 e. The number of thioether (sulfide) groups is 2. The first kappa shape index (κ1) is 15.3. The largest absolute Gasteiger partial charge is 0.446 e. The molecule has 1 aromatic carbocycles. The predicted octanol–water partition coefficient (Wildman–Crippen LogP) is 4.20. The Hall–Kier alpha value is -0.740. The first-order valence-electron chi connectivity index (χ1n) is 4.23. The van der Waals surface area contributed by atoms with Crippen LogP contribution in [0.15, 0.2) is 28.0 Å². The van der Waals surface area contributed by atoms with Gasteiger partial charge in [-0.1, -0.05) is 0 Å². The van der Waals surface area contributed by atoms with E-state index in [9.17, 15) is 26.3 Å². The summed E-state index contributed by atoms with van der Waals surface area (Å²) in [7, 11) is 0. The van der Waals surface area contributed by atoms with Crippen molar-refractivity contribution in [2.45, 2.75) is 20.8 Å². The summed E-state index contributed by atoms with van der Waals surface area (Å²) in [5.74, 6) is 4.98. The van der Waals surface area contributed by atoms with Crippen molar-refractivity contribution in [3.8, 4) is 0 Å². The standard InChI is InChI=1S/C8H6F6N2S2/c9-7(10,11)17-4-1-2-6(5(3-4)16-15)18-8(12,13)14/h1-3,16H,15H2. The molecule has 0 radical (unpaired) electrons. The average Bonchev–Trinajstić information content (AvgIpc) is 2.16. The van der Waals surface area contributed by atoms with Crippen molar-refractivity contribution >= 4 is 29.2 Å². The Labute approximate surface area is 106 Å². The zero-order chi connectivity index (χ0) is 14.0. The summed E-state index contributed by atoms with van der Waals surface area (Å²) in [6.45, 7) is 0. The number of rotatable bonds is 3. The molecule has 0 atom stereocenters. The van der Waals surface area contributed by atoms with E-state index in [4.69, 9.17) is 5.84 Å². The topological polar surface area (TPSA) is 38.0 Å². The molecule has 0 heterocycles. The van der Waals surface area contributed by atoms with Gasteiger partial charge in [0.15, 0.2) is 0 Å². The molecular formula is C8H6F6N2S2. The minimum atomic E-state index is -4.54. The van der Waals surface area contributed by atoms with Gasteiger partial charge in [0.1, 0.15) is 0 Å². The highest BCUT2D eigenvalue weighted by Crippen LogP contribution is 2.43. The first-order chi connectivity index (χ1) is 8.11. The fourth-order valence-electron chi connectivity index (χ4n) is 1.03. The van der Waals surface area contributed by atoms with Crippen molar-refractivity contribution < 1.29 is 26.3 Å². The van der Waals surface area contributed by atoms with Gasteiger partial charge in [0, 0.05) is 9.79 Å². The third kappa shape index (κ3) is 5.27. The number of nitrogens with two attached hydrogens (primary N) is 1. The lowest BCUT2D eigenvalue weighted by molar-refractivity contribution is -0.0338. The van der Waals surface area contributed by atoms with Crippen LogP contribution in [-0.2, 0) is 0 Å². The number of nitrogen functional groups attached to an aromatic ring is 1. The van der Waals surface area contributed by atoms with Gasteiger partial charge in [-0.05, 0) is 41.7 Å². The zero-order valence-electron chi connectivity index (χ0n) is 8.39. The predicted molar refractivity (Wildman–Crippen MR) is 58.1 cm³/mol. The highest BCUT2D eigenvalue weighted by Gasteiger charge is 2.32. The maximum absolute atomic E-state index is 12.1. The van der Waals surface area contributed by atoms with Crippen molar-refractivity contribution in [3.63, 3.8) is 0 Å². The monoisotopic (exact) mass is 308 g/mol. The van der Waals surface area contributed by atoms with Gasteiger partial charge in [-0.25, -0.2) is 0 Å². The number of hydrazine groups is 1. The van der Waals surface area contributed by atoms with Crippen molar-refractivity contribution in [3.05, 3.63) is 18.2 Å². The van der Waals surface area contributed by atoms with Crippen LogP contribution in [0.1, 0.15) is 0 Å². The Balaban J connectivity index is 2.97. The summed E-state index contributed by atoms with van der Waals surface area (Å²) in [6.07, 6.45) is 0. The van der Waals surface area contributed by atoms with Crippen LogP contribution in [0.25, 0.3) is 0 Å². The number of anilines is 1. The van der Waals surface area contributed by atoms with Gasteiger partial charge in [-0.3, -0.25) is 5.84 Å². The van der Waals surface area contributed by atoms with E-state index in [0.717, 1.165) is 18.2 Å². The second kappa shape index (κ2) is 5.49. The Morgan fingerprint density at radius 3 is 1.94 bits per heavy atom. The first-order valence-corrected chi connectivity index (χ1v) is 5.86. The third-order valence-electron chi connectivity index (χ3n) is 1.57. The van der Waals surface area contributed by atoms with E-state index >= 15 is 0 Å². The lowest BCUT2D eigenvalue weighted by Gasteiger charge is -2.12. The fourth-order valence-corrected chi connectivity index (χ4v) is 2.23. The molecule has 1 aromatic rings. The molecule has 0 aliphatic heterocycles. The molecule has 0 amide bonds. The van der Waals surface area contributed by atoms with Gasteiger partial charge in [0.05, 0.1) is 5.69 Å². The van der Waals surface area contributed by atoms with Crippen LogP contribution in [0.2, 0.25) is 0 Å². The summed E-state index contributed by atoms with van der Waals surface area (Å²) >= 11 is -0.883. The molecule has 0 unspecified atom stereocenters. The Morgan fingerprint density at radius 1 is 0.944 bits per heavy atom. The molecule has 18 heavy (non-hydrogen) atoms. The zero-order valence-corrected chi connectivity index (χ0v) is 10.0. The molecule has 0 aliphatic carbocycles. The molecule has 10 heteroatoms. The molecule has 102 valence electrons. The normalized spacial score (nSPS) is 12.6. The highest BCUT2D eigenvalue weighted by atomic mass is 32.2. The van der Waals surface area contributed by atoms with Gasteiger partial charge < -0.3 is 5.43 Å². The van der Waals surface area contributed by atoms with Crippen molar-refractivity contribution in [1.29, 1.82) is 0 Å². The number of alkyl halides is 6. The van der Waals surface area contributed by atoms with Gasteiger partial charge in [0.2, 0.25) is 0 Å². The van der Waals surface area contributed by atoms with Gasteiger partial charge >= 0.3 is 11.0 Å². The average molecular weight is 308 g/mol. The molecule has 0 saturated heterocycles. The summed E-state index contributed by atoms with van der Waals surface area (Å²) in [6, 6.07) is 2.79. The smallest absolute Gasteiger partial charge is 0.323 e. The second-order valence-corrected chi connectivity index (χ2v) is 5.14. The molecule has 0 saturated carbocycles. The van der Waals surface area contributed by atoms with Crippen LogP contribution in [0, 0.1) is 0 Å². The van der Waals surface area contributed by atoms with E-state index in [2.05, 4.69) is 0 Å². The molecule has 2 nitrogen and oxygen atoms in total. The number of halogens is 6. The van der Waals surface area contributed by atoms with Gasteiger partial charge in [-0.2, -0.15) is 26.3 Å². The third-order valence-corrected chi connectivity index (χ3v) is 3.09. The van der Waals surface area contributed by atoms with E-state index in [0.29, 0.717) is 0 Å². The molecule has 0 aromatic heterocycles. The molecule has 0 spiro atoms. The molecule has 0 bridgehead atoms. The van der Waals surface area contributed by atoms with Crippen LogP contribution in [-0.4, -0.2) is 11.0 Å². The molecule has 1 rings (SSSR count). The number of hydrogen-bond donors (Lipinski definition) is 2. The minimum absolute atomic E-state index is 0.216. The van der Waals surface area contributed by atoms with Crippen molar-refractivity contribution in [2.75, 3.05) is 5.43 Å². The maximum Gasteiger partial charge on any atom is 0.446 e. The highest BCUT2D eigenvalue weighted by molar-refractivity contribution is 8.00. The van der Waals surface area contributed by atoms with Gasteiger partial charge in [0.25, 0.3) is 0 Å². The van der Waals surface area contributed by atoms with E-state index < -0.39 is 34.5 Å². The lowest BCUT2D eigenvalue weighted by atomic mass is 10.3. The number of nitrogens with one attached hydrogen (secondary N) is 1. The summed E-state index contributed by atoms with van der Waals surface area (Å²) in [4.78, 5) is -0.543.